The number of aliphatic hydroxyl groups excluding tert-OH is 1. The molecule has 1 saturated carbocycles. The van der Waals surface area contributed by atoms with E-state index in [-0.39, 0.29) is 12.1 Å². The molecule has 1 aliphatic rings. The molecule has 0 spiro atoms. The molecular weight excluding hydrogens is 260 g/mol. The van der Waals surface area contributed by atoms with Crippen molar-refractivity contribution in [3.8, 4) is 0 Å². The normalized spacial score (nSPS) is 27.0. The average Bonchev–Trinajstić information content (AvgIpc) is 2.45. The van der Waals surface area contributed by atoms with Crippen LogP contribution in [0.25, 0.3) is 0 Å². The first-order chi connectivity index (χ1) is 9.91. The van der Waals surface area contributed by atoms with E-state index in [4.69, 9.17) is 0 Å². The fraction of sp³-hybridized carbons (Fsp3) is 0.722. The lowest BCUT2D eigenvalue weighted by Gasteiger charge is -2.44. The fourth-order valence-corrected chi connectivity index (χ4v) is 3.50. The maximum atomic E-state index is 10.5. The van der Waals surface area contributed by atoms with Gasteiger partial charge in [-0.2, -0.15) is 0 Å². The van der Waals surface area contributed by atoms with Gasteiger partial charge in [-0.15, -0.1) is 0 Å². The second-order valence-electron chi connectivity index (χ2n) is 7.43. The molecule has 1 heterocycles. The van der Waals surface area contributed by atoms with E-state index in [0.717, 1.165) is 32.4 Å². The largest absolute Gasteiger partial charge is 0.391 e. The molecule has 3 nitrogen and oxygen atoms in total. The highest BCUT2D eigenvalue weighted by Crippen LogP contribution is 2.39. The first-order valence-corrected chi connectivity index (χ1v) is 8.22. The van der Waals surface area contributed by atoms with Gasteiger partial charge in [0.1, 0.15) is 0 Å². The lowest BCUT2D eigenvalue weighted by molar-refractivity contribution is -0.0184. The predicted octanol–water partition coefficient (Wildman–Crippen LogP) is 3.48. The third-order valence-corrected chi connectivity index (χ3v) is 5.02. The number of hydrogen-bond acceptors (Lipinski definition) is 3. The third kappa shape index (κ3) is 4.27. The van der Waals surface area contributed by atoms with Gasteiger partial charge >= 0.3 is 0 Å². The Bertz CT molecular complexity index is 427. The lowest BCUT2D eigenvalue weighted by Crippen LogP contribution is -2.48. The van der Waals surface area contributed by atoms with Gasteiger partial charge in [0, 0.05) is 25.0 Å². The highest BCUT2D eigenvalue weighted by atomic mass is 16.3. The van der Waals surface area contributed by atoms with Crippen LogP contribution in [0.4, 0.5) is 0 Å². The van der Waals surface area contributed by atoms with Gasteiger partial charge in [0.2, 0.25) is 0 Å². The first kappa shape index (κ1) is 16.4. The van der Waals surface area contributed by atoms with Crippen molar-refractivity contribution >= 4 is 0 Å². The Kier molecular flexibility index (Phi) is 5.39. The summed E-state index contributed by atoms with van der Waals surface area (Å²) in [5.74, 6) is 0.692. The third-order valence-electron chi connectivity index (χ3n) is 5.02. The smallest absolute Gasteiger partial charge is 0.0695 e. The van der Waals surface area contributed by atoms with E-state index >= 15 is 0 Å². The summed E-state index contributed by atoms with van der Waals surface area (Å²) in [5, 5.41) is 10.5. The van der Waals surface area contributed by atoms with Gasteiger partial charge < -0.3 is 5.11 Å². The molecule has 0 aliphatic heterocycles. The number of aliphatic hydroxyl groups is 1. The van der Waals surface area contributed by atoms with E-state index in [2.05, 4.69) is 49.7 Å². The topological polar surface area (TPSA) is 36.4 Å². The first-order valence-electron chi connectivity index (χ1n) is 8.22. The summed E-state index contributed by atoms with van der Waals surface area (Å²) in [6.45, 7) is 11.0. The van der Waals surface area contributed by atoms with Crippen molar-refractivity contribution in [2.45, 2.75) is 65.6 Å². The van der Waals surface area contributed by atoms with Crippen LogP contribution in [0, 0.1) is 11.3 Å². The van der Waals surface area contributed by atoms with Crippen LogP contribution in [0.2, 0.25) is 0 Å². The van der Waals surface area contributed by atoms with Crippen LogP contribution in [0.15, 0.2) is 24.5 Å². The molecule has 0 bridgehead atoms. The van der Waals surface area contributed by atoms with Crippen LogP contribution in [0.1, 0.15) is 52.5 Å². The van der Waals surface area contributed by atoms with Crippen LogP contribution in [0.3, 0.4) is 0 Å². The van der Waals surface area contributed by atoms with Gasteiger partial charge in [0.25, 0.3) is 0 Å². The van der Waals surface area contributed by atoms with Gasteiger partial charge in [0.05, 0.1) is 6.10 Å². The molecular formula is C18H30N2O. The van der Waals surface area contributed by atoms with Crippen LogP contribution < -0.4 is 0 Å². The van der Waals surface area contributed by atoms with Crippen LogP contribution in [0.5, 0.6) is 0 Å². The van der Waals surface area contributed by atoms with Gasteiger partial charge in [0.15, 0.2) is 0 Å². The van der Waals surface area contributed by atoms with Crippen LogP contribution >= 0.6 is 0 Å². The molecule has 21 heavy (non-hydrogen) atoms. The molecule has 2 rings (SSSR count). The quantitative estimate of drug-likeness (QED) is 0.922. The second-order valence-corrected chi connectivity index (χ2v) is 7.43. The summed E-state index contributed by atoms with van der Waals surface area (Å²) in [5.41, 5.74) is 1.60. The molecule has 0 radical (unpaired) electrons. The Morgan fingerprint density at radius 2 is 1.90 bits per heavy atom. The van der Waals surface area contributed by atoms with Gasteiger partial charge in [-0.25, -0.2) is 0 Å². The van der Waals surface area contributed by atoms with Gasteiger partial charge in [-0.3, -0.25) is 9.88 Å². The number of aromatic nitrogens is 1. The average molecular weight is 290 g/mol. The Labute approximate surface area is 129 Å². The summed E-state index contributed by atoms with van der Waals surface area (Å²) < 4.78 is 0. The fourth-order valence-electron chi connectivity index (χ4n) is 3.50. The molecule has 0 amide bonds. The lowest BCUT2D eigenvalue weighted by atomic mass is 9.70. The summed E-state index contributed by atoms with van der Waals surface area (Å²) in [6, 6.07) is 4.42. The minimum absolute atomic E-state index is 0.189. The maximum absolute atomic E-state index is 10.5. The Balaban J connectivity index is 2.08. The molecule has 3 unspecified atom stereocenters. The molecule has 118 valence electrons. The summed E-state index contributed by atoms with van der Waals surface area (Å²) in [6.07, 6.45) is 6.68. The van der Waals surface area contributed by atoms with Crippen molar-refractivity contribution in [1.29, 1.82) is 0 Å². The van der Waals surface area contributed by atoms with E-state index in [1.807, 2.05) is 12.4 Å². The molecule has 0 aromatic carbocycles. The standard InChI is InChI=1S/C18H30N2O/c1-5-20(13-14-8-10-19-11-9-14)16-12-15(18(2,3)4)6-7-17(16)21/h8-11,15-17,21H,5-7,12-13H2,1-4H3. The van der Waals surface area contributed by atoms with Gasteiger partial charge in [-0.1, -0.05) is 27.7 Å². The zero-order valence-electron chi connectivity index (χ0n) is 13.9. The minimum Gasteiger partial charge on any atom is -0.391 e. The molecule has 1 N–H and O–H groups in total. The molecule has 1 fully saturated rings. The second kappa shape index (κ2) is 6.89. The molecule has 1 aromatic heterocycles. The molecule has 3 atom stereocenters. The zero-order chi connectivity index (χ0) is 15.5. The minimum atomic E-state index is -0.189. The van der Waals surface area contributed by atoms with E-state index in [0.29, 0.717) is 11.3 Å². The Hall–Kier alpha value is -0.930. The maximum Gasteiger partial charge on any atom is 0.0695 e. The number of nitrogens with zero attached hydrogens (tertiary/aromatic N) is 2. The van der Waals surface area contributed by atoms with E-state index in [9.17, 15) is 5.11 Å². The molecule has 0 saturated heterocycles. The van der Waals surface area contributed by atoms with Crippen molar-refractivity contribution in [3.63, 3.8) is 0 Å². The van der Waals surface area contributed by atoms with E-state index in [1.54, 1.807) is 0 Å². The Morgan fingerprint density at radius 1 is 1.24 bits per heavy atom. The SMILES string of the molecule is CCN(Cc1ccncc1)C1CC(C(C)(C)C)CCC1O. The summed E-state index contributed by atoms with van der Waals surface area (Å²) in [4.78, 5) is 6.51. The Morgan fingerprint density at radius 3 is 2.48 bits per heavy atom. The highest BCUT2D eigenvalue weighted by molar-refractivity contribution is 5.10. The monoisotopic (exact) mass is 290 g/mol. The van der Waals surface area contributed by atoms with Crippen molar-refractivity contribution in [2.75, 3.05) is 6.54 Å². The number of likely N-dealkylation sites (N-methyl/N-ethyl adjacent to an activating group) is 1. The van der Waals surface area contributed by atoms with Gasteiger partial charge in [-0.05, 0) is 54.8 Å². The van der Waals surface area contributed by atoms with Crippen molar-refractivity contribution < 1.29 is 5.11 Å². The number of hydrogen-bond donors (Lipinski definition) is 1. The van der Waals surface area contributed by atoms with Crippen molar-refractivity contribution in [2.24, 2.45) is 11.3 Å². The van der Waals surface area contributed by atoms with Crippen LogP contribution in [-0.4, -0.2) is 33.7 Å². The van der Waals surface area contributed by atoms with E-state index in [1.165, 1.54) is 5.56 Å². The zero-order valence-corrected chi connectivity index (χ0v) is 13.9. The van der Waals surface area contributed by atoms with Crippen molar-refractivity contribution in [1.82, 2.24) is 9.88 Å². The highest BCUT2D eigenvalue weighted by Gasteiger charge is 2.37. The number of rotatable bonds is 4. The molecule has 3 heteroatoms. The molecule has 1 aromatic rings. The van der Waals surface area contributed by atoms with Crippen molar-refractivity contribution in [3.05, 3.63) is 30.1 Å². The summed E-state index contributed by atoms with van der Waals surface area (Å²) >= 11 is 0. The van der Waals surface area contributed by atoms with Crippen LogP contribution in [-0.2, 0) is 6.54 Å². The van der Waals surface area contributed by atoms with E-state index < -0.39 is 0 Å². The summed E-state index contributed by atoms with van der Waals surface area (Å²) in [7, 11) is 0. The number of pyridine rings is 1. The molecule has 1 aliphatic carbocycles. The predicted molar refractivity (Wildman–Crippen MR) is 86.9 cm³/mol.